The molecule has 0 atom stereocenters. The largest absolute Gasteiger partial charge is 0.253 e. The van der Waals surface area contributed by atoms with Crippen LogP contribution in [0.1, 0.15) is 39.5 Å². The number of hydrogen-bond donors (Lipinski definition) is 0. The quantitative estimate of drug-likeness (QED) is 0.849. The van der Waals surface area contributed by atoms with E-state index in [0.29, 0.717) is 8.55 Å². The first kappa shape index (κ1) is 14.3. The van der Waals surface area contributed by atoms with E-state index in [0.717, 1.165) is 37.0 Å². The van der Waals surface area contributed by atoms with Gasteiger partial charge in [0, 0.05) is 12.1 Å². The summed E-state index contributed by atoms with van der Waals surface area (Å²) in [6.07, 6.45) is 4.18. The Morgan fingerprint density at radius 1 is 1.33 bits per heavy atom. The summed E-state index contributed by atoms with van der Waals surface area (Å²) in [5.41, 5.74) is 0. The topological polar surface area (TPSA) is 37.4 Å². The van der Waals surface area contributed by atoms with Gasteiger partial charge in [0.05, 0.1) is 4.34 Å². The van der Waals surface area contributed by atoms with E-state index in [1.54, 1.807) is 16.4 Å². The van der Waals surface area contributed by atoms with Crippen LogP contribution in [0.4, 0.5) is 0 Å². The normalized spacial score (nSPS) is 18.1. The molecule has 1 saturated carbocycles. The van der Waals surface area contributed by atoms with E-state index < -0.39 is 10.0 Å². The highest BCUT2D eigenvalue weighted by molar-refractivity contribution is 7.91. The maximum Gasteiger partial charge on any atom is 0.253 e. The molecule has 0 unspecified atom stereocenters. The maximum absolute atomic E-state index is 12.7. The molecule has 1 aliphatic rings. The summed E-state index contributed by atoms with van der Waals surface area (Å²) in [5, 5.41) is 0. The monoisotopic (exact) mass is 307 g/mol. The molecule has 0 bridgehead atoms. The molecule has 18 heavy (non-hydrogen) atoms. The molecular formula is C12H18ClNO2S2. The molecule has 0 spiro atoms. The van der Waals surface area contributed by atoms with Gasteiger partial charge in [0.25, 0.3) is 10.0 Å². The summed E-state index contributed by atoms with van der Waals surface area (Å²) in [6.45, 7) is 3.87. The van der Waals surface area contributed by atoms with E-state index in [1.165, 1.54) is 0 Å². The number of rotatable bonds is 4. The minimum atomic E-state index is -3.40. The Morgan fingerprint density at radius 3 is 2.39 bits per heavy atom. The van der Waals surface area contributed by atoms with Crippen LogP contribution in [0.5, 0.6) is 0 Å². The predicted molar refractivity (Wildman–Crippen MR) is 75.7 cm³/mol. The molecule has 1 aromatic rings. The molecule has 3 nitrogen and oxygen atoms in total. The van der Waals surface area contributed by atoms with Crippen molar-refractivity contribution < 1.29 is 8.42 Å². The number of halogens is 1. The number of nitrogens with zero attached hydrogens (tertiary/aromatic N) is 1. The summed E-state index contributed by atoms with van der Waals surface area (Å²) in [5.74, 6) is 0. The van der Waals surface area contributed by atoms with Gasteiger partial charge in [-0.1, -0.05) is 24.4 Å². The molecule has 0 radical (unpaired) electrons. The van der Waals surface area contributed by atoms with Gasteiger partial charge in [0.2, 0.25) is 0 Å². The van der Waals surface area contributed by atoms with E-state index in [2.05, 4.69) is 0 Å². The highest BCUT2D eigenvalue weighted by Gasteiger charge is 2.35. The zero-order valence-corrected chi connectivity index (χ0v) is 13.0. The lowest BCUT2D eigenvalue weighted by molar-refractivity contribution is 0.276. The third kappa shape index (κ3) is 2.74. The molecule has 1 heterocycles. The summed E-state index contributed by atoms with van der Waals surface area (Å²) in [6, 6.07) is 3.38. The third-order valence-electron chi connectivity index (χ3n) is 3.27. The van der Waals surface area contributed by atoms with Gasteiger partial charge in [-0.25, -0.2) is 8.42 Å². The van der Waals surface area contributed by atoms with Crippen LogP contribution in [0.25, 0.3) is 0 Å². The van der Waals surface area contributed by atoms with Crippen molar-refractivity contribution in [3.8, 4) is 0 Å². The lowest BCUT2D eigenvalue weighted by Crippen LogP contribution is -2.43. The Morgan fingerprint density at radius 2 is 1.94 bits per heavy atom. The molecule has 0 saturated heterocycles. The van der Waals surface area contributed by atoms with Gasteiger partial charge in [-0.3, -0.25) is 0 Å². The van der Waals surface area contributed by atoms with Crippen molar-refractivity contribution in [2.75, 3.05) is 0 Å². The molecule has 6 heteroatoms. The van der Waals surface area contributed by atoms with Crippen molar-refractivity contribution in [2.45, 2.75) is 55.8 Å². The van der Waals surface area contributed by atoms with Crippen molar-refractivity contribution in [3.05, 3.63) is 16.5 Å². The first-order valence-electron chi connectivity index (χ1n) is 6.22. The smallest absolute Gasteiger partial charge is 0.206 e. The predicted octanol–water partition coefficient (Wildman–Crippen LogP) is 3.74. The van der Waals surface area contributed by atoms with E-state index >= 15 is 0 Å². The Bertz CT molecular complexity index is 504. The van der Waals surface area contributed by atoms with Gasteiger partial charge in [0.1, 0.15) is 4.21 Å². The fourth-order valence-electron chi connectivity index (χ4n) is 2.59. The second kappa shape index (κ2) is 5.49. The molecule has 0 N–H and O–H groups in total. The van der Waals surface area contributed by atoms with Crippen molar-refractivity contribution in [1.82, 2.24) is 4.31 Å². The number of sulfonamides is 1. The number of thiophene rings is 1. The Labute approximate surface area is 118 Å². The van der Waals surface area contributed by atoms with Crippen LogP contribution in [0.2, 0.25) is 4.34 Å². The minimum Gasteiger partial charge on any atom is -0.206 e. The summed E-state index contributed by atoms with van der Waals surface area (Å²) in [7, 11) is -3.40. The second-order valence-electron chi connectivity index (χ2n) is 4.93. The van der Waals surface area contributed by atoms with E-state index in [4.69, 9.17) is 11.6 Å². The van der Waals surface area contributed by atoms with E-state index in [1.807, 2.05) is 13.8 Å². The van der Waals surface area contributed by atoms with Crippen LogP contribution in [0.3, 0.4) is 0 Å². The zero-order chi connectivity index (χ0) is 13.3. The molecule has 0 aromatic carbocycles. The standard InChI is InChI=1S/C12H18ClNO2S2/c1-9(2)14(10-5-3-4-6-10)18(15,16)12-8-7-11(13)17-12/h7-10H,3-6H2,1-2H3. The van der Waals surface area contributed by atoms with Crippen LogP contribution in [0, 0.1) is 0 Å². The molecule has 0 amide bonds. The van der Waals surface area contributed by atoms with Crippen LogP contribution in [-0.2, 0) is 10.0 Å². The van der Waals surface area contributed by atoms with Crippen molar-refractivity contribution >= 4 is 33.0 Å². The highest BCUT2D eigenvalue weighted by atomic mass is 35.5. The highest BCUT2D eigenvalue weighted by Crippen LogP contribution is 2.34. The van der Waals surface area contributed by atoms with Gasteiger partial charge >= 0.3 is 0 Å². The third-order valence-corrected chi connectivity index (χ3v) is 7.10. The second-order valence-corrected chi connectivity index (χ2v) is 8.71. The van der Waals surface area contributed by atoms with Crippen LogP contribution < -0.4 is 0 Å². The fourth-order valence-corrected chi connectivity index (χ4v) is 6.06. The Balaban J connectivity index is 2.35. The SMILES string of the molecule is CC(C)N(C1CCCC1)S(=O)(=O)c1ccc(Cl)s1. The summed E-state index contributed by atoms with van der Waals surface area (Å²) >= 11 is 6.98. The van der Waals surface area contributed by atoms with Gasteiger partial charge in [-0.2, -0.15) is 4.31 Å². The maximum atomic E-state index is 12.7. The molecule has 0 aliphatic heterocycles. The first-order chi connectivity index (χ1) is 8.43. The Kier molecular flexibility index (Phi) is 4.36. The van der Waals surface area contributed by atoms with E-state index in [-0.39, 0.29) is 12.1 Å². The number of hydrogen-bond acceptors (Lipinski definition) is 3. The van der Waals surface area contributed by atoms with Crippen molar-refractivity contribution in [3.63, 3.8) is 0 Å². The van der Waals surface area contributed by atoms with Crippen molar-refractivity contribution in [2.24, 2.45) is 0 Å². The van der Waals surface area contributed by atoms with Crippen molar-refractivity contribution in [1.29, 1.82) is 0 Å². The van der Waals surface area contributed by atoms with Crippen LogP contribution >= 0.6 is 22.9 Å². The fraction of sp³-hybridized carbons (Fsp3) is 0.667. The molecule has 2 rings (SSSR count). The molecule has 102 valence electrons. The molecule has 1 aromatic heterocycles. The van der Waals surface area contributed by atoms with Gasteiger partial charge in [-0.05, 0) is 38.8 Å². The average molecular weight is 308 g/mol. The Hall–Kier alpha value is -0.100. The van der Waals surface area contributed by atoms with Crippen LogP contribution in [0.15, 0.2) is 16.3 Å². The molecular weight excluding hydrogens is 290 g/mol. The summed E-state index contributed by atoms with van der Waals surface area (Å²) < 4.78 is 27.8. The summed E-state index contributed by atoms with van der Waals surface area (Å²) in [4.78, 5) is 0. The van der Waals surface area contributed by atoms with Gasteiger partial charge in [-0.15, -0.1) is 11.3 Å². The van der Waals surface area contributed by atoms with E-state index in [9.17, 15) is 8.42 Å². The first-order valence-corrected chi connectivity index (χ1v) is 8.85. The molecule has 1 fully saturated rings. The zero-order valence-electron chi connectivity index (χ0n) is 10.6. The van der Waals surface area contributed by atoms with Crippen LogP contribution in [-0.4, -0.2) is 24.8 Å². The van der Waals surface area contributed by atoms with Gasteiger partial charge < -0.3 is 0 Å². The average Bonchev–Trinajstić information content (AvgIpc) is 2.88. The van der Waals surface area contributed by atoms with Gasteiger partial charge in [0.15, 0.2) is 0 Å². The lowest BCUT2D eigenvalue weighted by Gasteiger charge is -2.30. The lowest BCUT2D eigenvalue weighted by atomic mass is 10.2. The molecule has 1 aliphatic carbocycles. The minimum absolute atomic E-state index is 0.0148.